The van der Waals surface area contributed by atoms with Crippen molar-refractivity contribution in [1.29, 1.82) is 0 Å². The van der Waals surface area contributed by atoms with Crippen LogP contribution in [0.2, 0.25) is 0 Å². The molecule has 0 unspecified atom stereocenters. The lowest BCUT2D eigenvalue weighted by Crippen LogP contribution is -2.41. The smallest absolute Gasteiger partial charge is 0.243 e. The number of nitrogen functional groups attached to an aromatic ring is 1. The van der Waals surface area contributed by atoms with Crippen molar-refractivity contribution in [3.63, 3.8) is 0 Å². The van der Waals surface area contributed by atoms with Crippen molar-refractivity contribution in [1.82, 2.24) is 4.31 Å². The van der Waals surface area contributed by atoms with Crippen LogP contribution in [-0.2, 0) is 14.8 Å². The highest BCUT2D eigenvalue weighted by atomic mass is 32.2. The molecule has 3 N–H and O–H groups in total. The summed E-state index contributed by atoms with van der Waals surface area (Å²) in [5, 5.41) is 8.71. The van der Waals surface area contributed by atoms with Gasteiger partial charge in [-0.2, -0.15) is 4.31 Å². The number of hydrogen-bond acceptors (Lipinski definition) is 5. The summed E-state index contributed by atoms with van der Waals surface area (Å²) in [5.74, 6) is 0. The molecule has 1 aliphatic rings. The summed E-state index contributed by atoms with van der Waals surface area (Å²) in [6.45, 7) is 1.16. The van der Waals surface area contributed by atoms with Gasteiger partial charge in [-0.05, 0) is 37.1 Å². The number of hydrogen-bond donors (Lipinski definition) is 2. The Bertz CT molecular complexity index is 522. The van der Waals surface area contributed by atoms with Gasteiger partial charge >= 0.3 is 0 Å². The fourth-order valence-corrected chi connectivity index (χ4v) is 3.72. The Balaban J connectivity index is 2.00. The van der Waals surface area contributed by atoms with Gasteiger partial charge in [-0.3, -0.25) is 0 Å². The third-order valence-corrected chi connectivity index (χ3v) is 5.28. The molecule has 20 heavy (non-hydrogen) atoms. The minimum atomic E-state index is -3.45. The first-order valence-corrected chi connectivity index (χ1v) is 8.06. The lowest BCUT2D eigenvalue weighted by Gasteiger charge is -2.31. The summed E-state index contributed by atoms with van der Waals surface area (Å²) >= 11 is 0. The van der Waals surface area contributed by atoms with E-state index in [4.69, 9.17) is 15.6 Å². The summed E-state index contributed by atoms with van der Waals surface area (Å²) in [7, 11) is -3.45. The number of nitrogens with two attached hydrogens (primary N) is 1. The minimum absolute atomic E-state index is 0.00997. The third kappa shape index (κ3) is 3.49. The molecule has 0 saturated carbocycles. The monoisotopic (exact) mass is 300 g/mol. The van der Waals surface area contributed by atoms with Gasteiger partial charge in [0, 0.05) is 18.8 Å². The molecule has 112 valence electrons. The average Bonchev–Trinajstić information content (AvgIpc) is 2.46. The topological polar surface area (TPSA) is 92.9 Å². The van der Waals surface area contributed by atoms with Gasteiger partial charge in [0.05, 0.1) is 24.2 Å². The van der Waals surface area contributed by atoms with E-state index in [-0.39, 0.29) is 17.6 Å². The maximum absolute atomic E-state index is 12.4. The van der Waals surface area contributed by atoms with E-state index in [0.29, 0.717) is 38.2 Å². The third-order valence-electron chi connectivity index (χ3n) is 3.36. The second kappa shape index (κ2) is 6.53. The lowest BCUT2D eigenvalue weighted by atomic mass is 10.1. The zero-order chi connectivity index (χ0) is 14.6. The maximum Gasteiger partial charge on any atom is 0.243 e. The molecule has 0 bridgehead atoms. The molecule has 0 radical (unpaired) electrons. The van der Waals surface area contributed by atoms with Crippen LogP contribution in [0.3, 0.4) is 0 Å². The number of piperidine rings is 1. The fraction of sp³-hybridized carbons (Fsp3) is 0.538. The van der Waals surface area contributed by atoms with Crippen molar-refractivity contribution in [2.75, 3.05) is 32.0 Å². The number of benzene rings is 1. The molecular weight excluding hydrogens is 280 g/mol. The first kappa shape index (κ1) is 15.2. The predicted molar refractivity (Wildman–Crippen MR) is 75.7 cm³/mol. The van der Waals surface area contributed by atoms with Crippen molar-refractivity contribution in [3.8, 4) is 0 Å². The van der Waals surface area contributed by atoms with Crippen LogP contribution < -0.4 is 5.73 Å². The number of aliphatic hydroxyl groups excluding tert-OH is 1. The van der Waals surface area contributed by atoms with E-state index < -0.39 is 10.0 Å². The largest absolute Gasteiger partial charge is 0.399 e. The molecular formula is C13H20N2O4S. The van der Waals surface area contributed by atoms with Gasteiger partial charge in [0.1, 0.15) is 0 Å². The highest BCUT2D eigenvalue weighted by molar-refractivity contribution is 7.89. The summed E-state index contributed by atoms with van der Waals surface area (Å²) in [4.78, 5) is 0.265. The molecule has 1 aromatic rings. The van der Waals surface area contributed by atoms with Gasteiger partial charge in [-0.1, -0.05) is 0 Å². The molecule has 1 heterocycles. The molecule has 1 aliphatic heterocycles. The van der Waals surface area contributed by atoms with Crippen LogP contribution in [-0.4, -0.2) is 50.2 Å². The average molecular weight is 300 g/mol. The fourth-order valence-electron chi connectivity index (χ4n) is 2.25. The Morgan fingerprint density at radius 2 is 1.85 bits per heavy atom. The van der Waals surface area contributed by atoms with Crippen molar-refractivity contribution in [2.24, 2.45) is 0 Å². The minimum Gasteiger partial charge on any atom is -0.399 e. The van der Waals surface area contributed by atoms with Gasteiger partial charge in [0.2, 0.25) is 10.0 Å². The Morgan fingerprint density at radius 3 is 2.40 bits per heavy atom. The first-order valence-electron chi connectivity index (χ1n) is 6.62. The van der Waals surface area contributed by atoms with E-state index in [1.54, 1.807) is 12.1 Å². The normalized spacial score (nSPS) is 18.2. The Labute approximate surface area is 119 Å². The second-order valence-electron chi connectivity index (χ2n) is 4.77. The van der Waals surface area contributed by atoms with Crippen LogP contribution >= 0.6 is 0 Å². The molecule has 0 aromatic heterocycles. The van der Waals surface area contributed by atoms with Gasteiger partial charge < -0.3 is 15.6 Å². The molecule has 0 spiro atoms. The summed E-state index contributed by atoms with van der Waals surface area (Å²) in [5.41, 5.74) is 6.11. The Kier molecular flexibility index (Phi) is 4.98. The molecule has 1 fully saturated rings. The molecule has 0 atom stereocenters. The van der Waals surface area contributed by atoms with E-state index in [2.05, 4.69) is 0 Å². The summed E-state index contributed by atoms with van der Waals surface area (Å²) in [6, 6.07) is 6.23. The Hall–Kier alpha value is -1.15. The SMILES string of the molecule is Nc1ccc(S(=O)(=O)N2CCC(OCCO)CC2)cc1. The van der Waals surface area contributed by atoms with Gasteiger partial charge in [0.25, 0.3) is 0 Å². The molecule has 0 amide bonds. The quantitative estimate of drug-likeness (QED) is 0.769. The van der Waals surface area contributed by atoms with E-state index >= 15 is 0 Å². The molecule has 6 nitrogen and oxygen atoms in total. The van der Waals surface area contributed by atoms with Gasteiger partial charge in [-0.25, -0.2) is 8.42 Å². The number of aliphatic hydroxyl groups is 1. The number of sulfonamides is 1. The molecule has 1 aromatic carbocycles. The van der Waals surface area contributed by atoms with E-state index in [1.807, 2.05) is 0 Å². The van der Waals surface area contributed by atoms with Crippen LogP contribution in [0.4, 0.5) is 5.69 Å². The van der Waals surface area contributed by atoms with Crippen LogP contribution in [0, 0.1) is 0 Å². The number of rotatable bonds is 5. The van der Waals surface area contributed by atoms with Crippen molar-refractivity contribution >= 4 is 15.7 Å². The van der Waals surface area contributed by atoms with Gasteiger partial charge in [-0.15, -0.1) is 0 Å². The van der Waals surface area contributed by atoms with Crippen molar-refractivity contribution in [2.45, 2.75) is 23.8 Å². The highest BCUT2D eigenvalue weighted by Crippen LogP contribution is 2.22. The number of nitrogens with zero attached hydrogens (tertiary/aromatic N) is 1. The zero-order valence-corrected chi connectivity index (χ0v) is 12.1. The van der Waals surface area contributed by atoms with E-state index in [0.717, 1.165) is 0 Å². The Morgan fingerprint density at radius 1 is 1.25 bits per heavy atom. The molecule has 2 rings (SSSR count). The lowest BCUT2D eigenvalue weighted by molar-refractivity contribution is 0.00318. The number of ether oxygens (including phenoxy) is 1. The predicted octanol–water partition coefficient (Wildman–Crippen LogP) is 0.431. The zero-order valence-electron chi connectivity index (χ0n) is 11.2. The number of anilines is 1. The standard InChI is InChI=1S/C13H20N2O4S/c14-11-1-3-13(4-2-11)20(17,18)15-7-5-12(6-8-15)19-10-9-16/h1-4,12,16H,5-10,14H2. The van der Waals surface area contributed by atoms with Crippen molar-refractivity contribution in [3.05, 3.63) is 24.3 Å². The molecule has 1 saturated heterocycles. The maximum atomic E-state index is 12.4. The molecule has 7 heteroatoms. The highest BCUT2D eigenvalue weighted by Gasteiger charge is 2.29. The van der Waals surface area contributed by atoms with E-state index in [9.17, 15) is 8.42 Å². The second-order valence-corrected chi connectivity index (χ2v) is 6.70. The van der Waals surface area contributed by atoms with Crippen LogP contribution in [0.5, 0.6) is 0 Å². The van der Waals surface area contributed by atoms with E-state index in [1.165, 1.54) is 16.4 Å². The van der Waals surface area contributed by atoms with Gasteiger partial charge in [0.15, 0.2) is 0 Å². The van der Waals surface area contributed by atoms with Crippen molar-refractivity contribution < 1.29 is 18.3 Å². The van der Waals surface area contributed by atoms with Crippen LogP contribution in [0.15, 0.2) is 29.2 Å². The summed E-state index contributed by atoms with van der Waals surface area (Å²) < 4.78 is 31.7. The van der Waals surface area contributed by atoms with Crippen LogP contribution in [0.25, 0.3) is 0 Å². The molecule has 0 aliphatic carbocycles. The first-order chi connectivity index (χ1) is 9.54. The van der Waals surface area contributed by atoms with Crippen LogP contribution in [0.1, 0.15) is 12.8 Å². The summed E-state index contributed by atoms with van der Waals surface area (Å²) in [6.07, 6.45) is 1.32.